The summed E-state index contributed by atoms with van der Waals surface area (Å²) in [5.74, 6) is 0.971. The van der Waals surface area contributed by atoms with E-state index < -0.39 is 0 Å². The number of hydrazine groups is 1. The van der Waals surface area contributed by atoms with E-state index in [2.05, 4.69) is 45.6 Å². The monoisotopic (exact) mass is 412 g/mol. The molecule has 5 heteroatoms. The molecular weight excluding hydrogens is 392 g/mol. The van der Waals surface area contributed by atoms with Crippen LogP contribution in [0.4, 0.5) is 0 Å². The maximum atomic E-state index is 12.6. The Morgan fingerprint density at radius 3 is 2.69 bits per heavy atom. The maximum Gasteiger partial charge on any atom is 0.241 e. The van der Waals surface area contributed by atoms with Crippen LogP contribution in [0.25, 0.3) is 5.70 Å². The summed E-state index contributed by atoms with van der Waals surface area (Å²) in [6.07, 6.45) is 2.35. The second kappa shape index (κ2) is 6.80. The SMILES string of the molecule is CCC(=O)N1NC2=C(CCc3cc(OC)ccc32)C1c1ccc(Br)cc1. The highest BCUT2D eigenvalue weighted by Gasteiger charge is 2.38. The first-order valence-electron chi connectivity index (χ1n) is 8.87. The van der Waals surface area contributed by atoms with Gasteiger partial charge < -0.3 is 4.74 Å². The molecule has 134 valence electrons. The van der Waals surface area contributed by atoms with Gasteiger partial charge in [0.15, 0.2) is 0 Å². The molecule has 1 atom stereocenters. The molecule has 1 aliphatic carbocycles. The first-order chi connectivity index (χ1) is 12.6. The number of aryl methyl sites for hydroxylation is 1. The Hall–Kier alpha value is -2.27. The summed E-state index contributed by atoms with van der Waals surface area (Å²) < 4.78 is 6.40. The van der Waals surface area contributed by atoms with Gasteiger partial charge in [-0.15, -0.1) is 0 Å². The molecule has 1 heterocycles. The van der Waals surface area contributed by atoms with Crippen LogP contribution in [0.3, 0.4) is 0 Å². The van der Waals surface area contributed by atoms with Crippen molar-refractivity contribution in [1.82, 2.24) is 10.4 Å². The van der Waals surface area contributed by atoms with Gasteiger partial charge in [-0.05, 0) is 59.9 Å². The van der Waals surface area contributed by atoms with Crippen molar-refractivity contribution in [3.63, 3.8) is 0 Å². The maximum absolute atomic E-state index is 12.6. The molecule has 1 N–H and O–H groups in total. The van der Waals surface area contributed by atoms with E-state index in [0.717, 1.165) is 34.3 Å². The number of fused-ring (bicyclic) bond motifs is 2. The highest BCUT2D eigenvalue weighted by molar-refractivity contribution is 9.10. The fraction of sp³-hybridized carbons (Fsp3) is 0.286. The zero-order valence-corrected chi connectivity index (χ0v) is 16.5. The second-order valence-corrected chi connectivity index (χ2v) is 7.52. The van der Waals surface area contributed by atoms with Crippen molar-refractivity contribution in [2.24, 2.45) is 0 Å². The standard InChI is InChI=1S/C21H21BrN2O2/c1-3-19(25)24-21(13-4-7-15(22)8-5-13)18-10-6-14-12-16(26-2)9-11-17(14)20(18)23-24/h4-5,7-9,11-12,21,23H,3,6,10H2,1-2H3. The van der Waals surface area contributed by atoms with Gasteiger partial charge in [0.2, 0.25) is 5.91 Å². The third-order valence-corrected chi connectivity index (χ3v) is 5.67. The highest BCUT2D eigenvalue weighted by atomic mass is 79.9. The summed E-state index contributed by atoms with van der Waals surface area (Å²) in [6.45, 7) is 1.90. The van der Waals surface area contributed by atoms with E-state index in [4.69, 9.17) is 4.74 Å². The van der Waals surface area contributed by atoms with Gasteiger partial charge in [-0.2, -0.15) is 0 Å². The third-order valence-electron chi connectivity index (χ3n) is 5.14. The van der Waals surface area contributed by atoms with Crippen LogP contribution in [0.2, 0.25) is 0 Å². The molecule has 0 saturated carbocycles. The van der Waals surface area contributed by atoms with Crippen LogP contribution in [-0.4, -0.2) is 18.0 Å². The summed E-state index contributed by atoms with van der Waals surface area (Å²) in [7, 11) is 1.69. The first kappa shape index (κ1) is 17.2. The number of hydrogen-bond acceptors (Lipinski definition) is 3. The van der Waals surface area contributed by atoms with Gasteiger partial charge in [0, 0.05) is 16.5 Å². The predicted molar refractivity (Wildman–Crippen MR) is 105 cm³/mol. The lowest BCUT2D eigenvalue weighted by Gasteiger charge is -2.26. The molecule has 2 aromatic carbocycles. The Kier molecular flexibility index (Phi) is 4.49. The number of hydrogen-bond donors (Lipinski definition) is 1. The van der Waals surface area contributed by atoms with Crippen LogP contribution >= 0.6 is 15.9 Å². The number of benzene rings is 2. The molecule has 0 spiro atoms. The number of rotatable bonds is 3. The van der Waals surface area contributed by atoms with Crippen LogP contribution in [0.15, 0.2) is 52.5 Å². The van der Waals surface area contributed by atoms with E-state index in [1.165, 1.54) is 16.7 Å². The van der Waals surface area contributed by atoms with Crippen LogP contribution in [0.5, 0.6) is 5.75 Å². The molecule has 2 aromatic rings. The second-order valence-electron chi connectivity index (χ2n) is 6.61. The van der Waals surface area contributed by atoms with Gasteiger partial charge in [-0.25, -0.2) is 5.01 Å². The summed E-state index contributed by atoms with van der Waals surface area (Å²) >= 11 is 3.50. The van der Waals surface area contributed by atoms with Crippen LogP contribution in [0, 0.1) is 0 Å². The molecule has 2 aliphatic rings. The normalized spacial score (nSPS) is 18.3. The Morgan fingerprint density at radius 1 is 1.23 bits per heavy atom. The van der Waals surface area contributed by atoms with Gasteiger partial charge in [-0.1, -0.05) is 35.0 Å². The number of nitrogens with one attached hydrogen (secondary N) is 1. The minimum absolute atomic E-state index is 0.0548. The summed E-state index contributed by atoms with van der Waals surface area (Å²) in [6, 6.07) is 14.4. The van der Waals surface area contributed by atoms with Crippen molar-refractivity contribution in [3.05, 3.63) is 69.2 Å². The van der Waals surface area contributed by atoms with Crippen molar-refractivity contribution >= 4 is 27.5 Å². The Bertz CT molecular complexity index is 889. The molecule has 0 bridgehead atoms. The molecule has 1 unspecified atom stereocenters. The highest BCUT2D eigenvalue weighted by Crippen LogP contribution is 2.45. The lowest BCUT2D eigenvalue weighted by Crippen LogP contribution is -2.39. The topological polar surface area (TPSA) is 41.6 Å². The zero-order valence-electron chi connectivity index (χ0n) is 14.9. The minimum atomic E-state index is -0.0548. The molecule has 26 heavy (non-hydrogen) atoms. The van der Waals surface area contributed by atoms with Gasteiger partial charge in [0.25, 0.3) is 0 Å². The Balaban J connectivity index is 1.81. The fourth-order valence-corrected chi connectivity index (χ4v) is 4.10. The van der Waals surface area contributed by atoms with Crippen molar-refractivity contribution in [2.45, 2.75) is 32.2 Å². The fourth-order valence-electron chi connectivity index (χ4n) is 3.83. The van der Waals surface area contributed by atoms with Crippen molar-refractivity contribution in [3.8, 4) is 5.75 Å². The van der Waals surface area contributed by atoms with Gasteiger partial charge in [0.1, 0.15) is 11.8 Å². The number of halogens is 1. The molecule has 1 amide bonds. The largest absolute Gasteiger partial charge is 0.497 e. The molecule has 1 aliphatic heterocycles. The molecule has 0 aromatic heterocycles. The summed E-state index contributed by atoms with van der Waals surface area (Å²) in [4.78, 5) is 12.6. The average molecular weight is 413 g/mol. The van der Waals surface area contributed by atoms with Crippen LogP contribution < -0.4 is 10.2 Å². The number of methoxy groups -OCH3 is 1. The smallest absolute Gasteiger partial charge is 0.241 e. The molecule has 0 fully saturated rings. The number of carbonyl (C=O) groups is 1. The number of amides is 1. The Morgan fingerprint density at radius 2 is 2.00 bits per heavy atom. The van der Waals surface area contributed by atoms with E-state index in [-0.39, 0.29) is 11.9 Å². The summed E-state index contributed by atoms with van der Waals surface area (Å²) in [5.41, 5.74) is 9.32. The van der Waals surface area contributed by atoms with Gasteiger partial charge in [0.05, 0.1) is 12.8 Å². The van der Waals surface area contributed by atoms with Crippen molar-refractivity contribution in [1.29, 1.82) is 0 Å². The molecule has 4 rings (SSSR count). The van der Waals surface area contributed by atoms with Crippen LogP contribution in [0.1, 0.15) is 42.5 Å². The predicted octanol–water partition coefficient (Wildman–Crippen LogP) is 4.61. The van der Waals surface area contributed by atoms with Crippen molar-refractivity contribution < 1.29 is 9.53 Å². The average Bonchev–Trinajstić information content (AvgIpc) is 3.07. The van der Waals surface area contributed by atoms with Gasteiger partial charge >= 0.3 is 0 Å². The minimum Gasteiger partial charge on any atom is -0.497 e. The number of ether oxygens (including phenoxy) is 1. The van der Waals surface area contributed by atoms with E-state index in [9.17, 15) is 4.79 Å². The third kappa shape index (κ3) is 2.80. The van der Waals surface area contributed by atoms with E-state index in [1.54, 1.807) is 12.1 Å². The lowest BCUT2D eigenvalue weighted by atomic mass is 9.85. The molecule has 0 saturated heterocycles. The number of nitrogens with zero attached hydrogens (tertiary/aromatic N) is 1. The quantitative estimate of drug-likeness (QED) is 0.799. The van der Waals surface area contributed by atoms with E-state index >= 15 is 0 Å². The molecular formula is C21H21BrN2O2. The van der Waals surface area contributed by atoms with E-state index in [1.807, 2.05) is 25.1 Å². The van der Waals surface area contributed by atoms with Gasteiger partial charge in [-0.3, -0.25) is 10.2 Å². The lowest BCUT2D eigenvalue weighted by molar-refractivity contribution is -0.134. The molecule has 4 nitrogen and oxygen atoms in total. The van der Waals surface area contributed by atoms with Crippen molar-refractivity contribution in [2.75, 3.05) is 7.11 Å². The van der Waals surface area contributed by atoms with E-state index in [0.29, 0.717) is 6.42 Å². The zero-order chi connectivity index (χ0) is 18.3. The first-order valence-corrected chi connectivity index (χ1v) is 9.66. The Labute approximate surface area is 161 Å². The summed E-state index contributed by atoms with van der Waals surface area (Å²) in [5, 5.41) is 1.80. The van der Waals surface area contributed by atoms with Crippen LogP contribution in [-0.2, 0) is 11.2 Å². The molecule has 0 radical (unpaired) electrons. The number of carbonyl (C=O) groups excluding carboxylic acids is 1.